The average Bonchev–Trinajstić information content (AvgIpc) is 3.10. The van der Waals surface area contributed by atoms with E-state index in [1.54, 1.807) is 42.7 Å². The number of ketones is 1. The van der Waals surface area contributed by atoms with E-state index in [0.29, 0.717) is 28.7 Å². The average molecular weight is 361 g/mol. The number of pyridine rings is 1. The molecule has 0 atom stereocenters. The Morgan fingerprint density at radius 1 is 1.19 bits per heavy atom. The molecule has 1 aromatic carbocycles. The number of thioether (sulfide) groups is 1. The van der Waals surface area contributed by atoms with Crippen molar-refractivity contribution in [1.29, 1.82) is 5.26 Å². The summed E-state index contributed by atoms with van der Waals surface area (Å²) >= 11 is 1.33. The Balaban J connectivity index is 1.77. The van der Waals surface area contributed by atoms with Crippen LogP contribution in [0.1, 0.15) is 15.9 Å². The molecule has 3 rings (SSSR count). The number of hydrogen-bond donors (Lipinski definition) is 0. The van der Waals surface area contributed by atoms with Gasteiger partial charge in [-0.05, 0) is 24.3 Å². The van der Waals surface area contributed by atoms with Gasteiger partial charge in [0.15, 0.2) is 16.8 Å². The van der Waals surface area contributed by atoms with E-state index in [1.807, 2.05) is 22.8 Å². The van der Waals surface area contributed by atoms with Crippen molar-refractivity contribution in [3.8, 4) is 17.5 Å². The Hall–Kier alpha value is -3.24. The minimum atomic E-state index is -0.0295. The first kappa shape index (κ1) is 17.6. The van der Waals surface area contributed by atoms with E-state index in [0.717, 1.165) is 5.56 Å². The van der Waals surface area contributed by atoms with Crippen LogP contribution in [-0.4, -0.2) is 31.3 Å². The quantitative estimate of drug-likeness (QED) is 0.364. The number of aromatic nitrogens is 4. The number of Topliss-reactive ketones (excluding diaryl/α,β-unsaturated/α-hetero) is 1. The van der Waals surface area contributed by atoms with Gasteiger partial charge in [0.1, 0.15) is 0 Å². The second kappa shape index (κ2) is 8.23. The zero-order chi connectivity index (χ0) is 18.4. The van der Waals surface area contributed by atoms with Gasteiger partial charge in [-0.1, -0.05) is 30.0 Å². The molecule has 0 aliphatic heterocycles. The van der Waals surface area contributed by atoms with Crippen LogP contribution in [0, 0.1) is 11.3 Å². The first-order valence-electron chi connectivity index (χ1n) is 7.83. The van der Waals surface area contributed by atoms with Crippen molar-refractivity contribution in [3.63, 3.8) is 0 Å². The Morgan fingerprint density at radius 2 is 1.92 bits per heavy atom. The molecule has 26 heavy (non-hydrogen) atoms. The molecule has 0 saturated heterocycles. The van der Waals surface area contributed by atoms with Crippen LogP contribution in [0.2, 0.25) is 0 Å². The molecule has 0 bridgehead atoms. The van der Waals surface area contributed by atoms with Crippen LogP contribution >= 0.6 is 11.8 Å². The van der Waals surface area contributed by atoms with Crippen molar-refractivity contribution >= 4 is 17.5 Å². The molecule has 0 amide bonds. The molecule has 0 aliphatic rings. The van der Waals surface area contributed by atoms with E-state index >= 15 is 0 Å². The molecule has 2 heterocycles. The number of allylic oxidation sites excluding steroid dienone is 1. The summed E-state index contributed by atoms with van der Waals surface area (Å²) in [6.45, 7) is 4.32. The first-order chi connectivity index (χ1) is 12.7. The number of hydrogen-bond acceptors (Lipinski definition) is 6. The van der Waals surface area contributed by atoms with Crippen LogP contribution in [0.4, 0.5) is 0 Å². The molecule has 2 aromatic heterocycles. The maximum atomic E-state index is 12.4. The summed E-state index contributed by atoms with van der Waals surface area (Å²) in [6, 6.07) is 12.4. The van der Waals surface area contributed by atoms with Crippen molar-refractivity contribution in [2.45, 2.75) is 11.7 Å². The Morgan fingerprint density at radius 3 is 2.58 bits per heavy atom. The molecular formula is C19H15N5OS. The Labute approximate surface area is 155 Å². The van der Waals surface area contributed by atoms with E-state index in [-0.39, 0.29) is 11.5 Å². The molecule has 3 aromatic rings. The summed E-state index contributed by atoms with van der Waals surface area (Å²) in [6.07, 6.45) is 5.16. The zero-order valence-corrected chi connectivity index (χ0v) is 14.7. The number of rotatable bonds is 7. The summed E-state index contributed by atoms with van der Waals surface area (Å²) < 4.78 is 1.92. The molecule has 7 heteroatoms. The Bertz CT molecular complexity index is 958. The van der Waals surface area contributed by atoms with Gasteiger partial charge in [0, 0.05) is 30.1 Å². The summed E-state index contributed by atoms with van der Waals surface area (Å²) in [4.78, 5) is 16.4. The number of nitrogens with zero attached hydrogens (tertiary/aromatic N) is 5. The second-order valence-electron chi connectivity index (χ2n) is 5.34. The Kier molecular flexibility index (Phi) is 5.56. The van der Waals surface area contributed by atoms with Crippen molar-refractivity contribution in [3.05, 3.63) is 72.6 Å². The van der Waals surface area contributed by atoms with Crippen LogP contribution < -0.4 is 0 Å². The number of carbonyl (C=O) groups is 1. The highest BCUT2D eigenvalue weighted by molar-refractivity contribution is 7.99. The second-order valence-corrected chi connectivity index (χ2v) is 6.28. The highest BCUT2D eigenvalue weighted by atomic mass is 32.2. The lowest BCUT2D eigenvalue weighted by Gasteiger charge is -2.07. The largest absolute Gasteiger partial charge is 0.298 e. The molecule has 0 radical (unpaired) electrons. The van der Waals surface area contributed by atoms with Crippen LogP contribution in [-0.2, 0) is 6.54 Å². The molecule has 128 valence electrons. The predicted octanol–water partition coefficient (Wildman–Crippen LogP) is 3.37. The van der Waals surface area contributed by atoms with Crippen molar-refractivity contribution in [2.75, 3.05) is 5.75 Å². The normalized spacial score (nSPS) is 10.3. The minimum Gasteiger partial charge on any atom is -0.298 e. The fourth-order valence-electron chi connectivity index (χ4n) is 2.35. The summed E-state index contributed by atoms with van der Waals surface area (Å²) in [5.74, 6) is 0.913. The highest BCUT2D eigenvalue weighted by Crippen LogP contribution is 2.24. The van der Waals surface area contributed by atoms with Gasteiger partial charge < -0.3 is 0 Å². The third-order valence-corrected chi connectivity index (χ3v) is 4.60. The van der Waals surface area contributed by atoms with E-state index in [4.69, 9.17) is 5.26 Å². The van der Waals surface area contributed by atoms with E-state index in [2.05, 4.69) is 21.8 Å². The highest BCUT2D eigenvalue weighted by Gasteiger charge is 2.15. The van der Waals surface area contributed by atoms with Gasteiger partial charge in [-0.3, -0.25) is 14.3 Å². The van der Waals surface area contributed by atoms with Gasteiger partial charge in [-0.2, -0.15) is 5.26 Å². The first-order valence-corrected chi connectivity index (χ1v) is 8.82. The van der Waals surface area contributed by atoms with Crippen molar-refractivity contribution in [1.82, 2.24) is 19.7 Å². The van der Waals surface area contributed by atoms with Gasteiger partial charge in [0.25, 0.3) is 0 Å². The van der Waals surface area contributed by atoms with E-state index in [1.165, 1.54) is 11.8 Å². The van der Waals surface area contributed by atoms with Crippen LogP contribution in [0.5, 0.6) is 0 Å². The lowest BCUT2D eigenvalue weighted by Crippen LogP contribution is -2.05. The summed E-state index contributed by atoms with van der Waals surface area (Å²) in [5, 5.41) is 17.9. The molecule has 0 unspecified atom stereocenters. The molecule has 0 saturated carbocycles. The van der Waals surface area contributed by atoms with E-state index in [9.17, 15) is 4.79 Å². The van der Waals surface area contributed by atoms with Gasteiger partial charge >= 0.3 is 0 Å². The third kappa shape index (κ3) is 3.87. The van der Waals surface area contributed by atoms with Gasteiger partial charge in [-0.25, -0.2) is 0 Å². The molecule has 6 nitrogen and oxygen atoms in total. The number of benzene rings is 1. The lowest BCUT2D eigenvalue weighted by atomic mass is 10.1. The monoisotopic (exact) mass is 361 g/mol. The predicted molar refractivity (Wildman–Crippen MR) is 99.7 cm³/mol. The third-order valence-electron chi connectivity index (χ3n) is 3.64. The summed E-state index contributed by atoms with van der Waals surface area (Å²) in [7, 11) is 0. The molecule has 0 N–H and O–H groups in total. The molecule has 0 spiro atoms. The zero-order valence-electron chi connectivity index (χ0n) is 13.9. The standard InChI is InChI=1S/C19H15N5OS/c1-2-11-24-18(16-7-9-21-10-8-16)22-23-19(24)26-13-17(25)15-5-3-14(12-20)4-6-15/h2-10H,1,11,13H2. The number of nitriles is 1. The fraction of sp³-hybridized carbons (Fsp3) is 0.105. The van der Waals surface area contributed by atoms with Crippen molar-refractivity contribution in [2.24, 2.45) is 0 Å². The van der Waals surface area contributed by atoms with Crippen LogP contribution in [0.25, 0.3) is 11.4 Å². The summed E-state index contributed by atoms with van der Waals surface area (Å²) in [5.41, 5.74) is 2.00. The van der Waals surface area contributed by atoms with Gasteiger partial charge in [0.05, 0.1) is 17.4 Å². The molecule has 0 fully saturated rings. The van der Waals surface area contributed by atoms with Gasteiger partial charge in [-0.15, -0.1) is 16.8 Å². The maximum absolute atomic E-state index is 12.4. The molecule has 0 aliphatic carbocycles. The van der Waals surface area contributed by atoms with Crippen molar-refractivity contribution < 1.29 is 4.79 Å². The van der Waals surface area contributed by atoms with Gasteiger partial charge in [0.2, 0.25) is 0 Å². The smallest absolute Gasteiger partial charge is 0.192 e. The topological polar surface area (TPSA) is 84.5 Å². The number of carbonyl (C=O) groups excluding carboxylic acids is 1. The minimum absolute atomic E-state index is 0.0295. The molecular weight excluding hydrogens is 346 g/mol. The maximum Gasteiger partial charge on any atom is 0.192 e. The SMILES string of the molecule is C=CCn1c(SCC(=O)c2ccc(C#N)cc2)nnc1-c1ccncc1. The van der Waals surface area contributed by atoms with Crippen LogP contribution in [0.15, 0.2) is 66.6 Å². The van der Waals surface area contributed by atoms with Crippen LogP contribution in [0.3, 0.4) is 0 Å². The van der Waals surface area contributed by atoms with E-state index < -0.39 is 0 Å². The fourth-order valence-corrected chi connectivity index (χ4v) is 3.19. The lowest BCUT2D eigenvalue weighted by molar-refractivity contribution is 0.102.